The Hall–Kier alpha value is -3.02. The molecule has 2 aromatic rings. The number of methoxy groups -OCH3 is 1. The molecule has 32 heavy (non-hydrogen) atoms. The maximum atomic E-state index is 12.9. The molecule has 6 heteroatoms. The van der Waals surface area contributed by atoms with E-state index in [4.69, 9.17) is 4.74 Å². The Labute approximate surface area is 191 Å². The van der Waals surface area contributed by atoms with Gasteiger partial charge in [0.1, 0.15) is 5.75 Å². The van der Waals surface area contributed by atoms with Crippen molar-refractivity contribution in [1.29, 1.82) is 0 Å². The maximum Gasteiger partial charge on any atom is 0.317 e. The average Bonchev–Trinajstić information content (AvgIpc) is 2.84. The first-order valence-electron chi connectivity index (χ1n) is 11.6. The zero-order chi connectivity index (χ0) is 22.8. The summed E-state index contributed by atoms with van der Waals surface area (Å²) in [5.74, 6) is 0.657. The highest BCUT2D eigenvalue weighted by molar-refractivity contribution is 5.81. The van der Waals surface area contributed by atoms with E-state index in [1.807, 2.05) is 47.4 Å². The minimum atomic E-state index is -0.192. The summed E-state index contributed by atoms with van der Waals surface area (Å²) in [6, 6.07) is 17.9. The van der Waals surface area contributed by atoms with E-state index < -0.39 is 0 Å². The summed E-state index contributed by atoms with van der Waals surface area (Å²) in [6.07, 6.45) is 4.29. The molecule has 1 saturated heterocycles. The molecule has 1 fully saturated rings. The molecule has 3 amide bonds. The second-order valence-corrected chi connectivity index (χ2v) is 8.33. The van der Waals surface area contributed by atoms with E-state index in [0.29, 0.717) is 19.6 Å². The Bertz CT molecular complexity index is 854. The summed E-state index contributed by atoms with van der Waals surface area (Å²) < 4.78 is 5.18. The number of benzene rings is 2. The molecule has 2 atom stereocenters. The number of unbranched alkanes of at least 4 members (excludes halogenated alkanes) is 1. The highest BCUT2D eigenvalue weighted by atomic mass is 16.5. The highest BCUT2D eigenvalue weighted by Crippen LogP contribution is 2.33. The van der Waals surface area contributed by atoms with Crippen LogP contribution in [0.15, 0.2) is 54.6 Å². The van der Waals surface area contributed by atoms with Crippen LogP contribution in [-0.4, -0.2) is 43.6 Å². The summed E-state index contributed by atoms with van der Waals surface area (Å²) in [5.41, 5.74) is 2.27. The van der Waals surface area contributed by atoms with Gasteiger partial charge >= 0.3 is 6.03 Å². The first kappa shape index (κ1) is 23.6. The molecule has 0 radical (unpaired) electrons. The predicted octanol–water partition coefficient (Wildman–Crippen LogP) is 4.32. The van der Waals surface area contributed by atoms with E-state index >= 15 is 0 Å². The van der Waals surface area contributed by atoms with Crippen LogP contribution >= 0.6 is 0 Å². The molecule has 1 aliphatic heterocycles. The average molecular weight is 438 g/mol. The first-order valence-corrected chi connectivity index (χ1v) is 11.6. The number of urea groups is 1. The minimum Gasteiger partial charge on any atom is -0.497 e. The molecule has 2 aromatic carbocycles. The van der Waals surface area contributed by atoms with Crippen molar-refractivity contribution in [3.63, 3.8) is 0 Å². The maximum absolute atomic E-state index is 12.9. The zero-order valence-electron chi connectivity index (χ0n) is 19.2. The van der Waals surface area contributed by atoms with E-state index in [2.05, 4.69) is 29.7 Å². The van der Waals surface area contributed by atoms with Crippen LogP contribution in [0.4, 0.5) is 4.79 Å². The topological polar surface area (TPSA) is 70.7 Å². The van der Waals surface area contributed by atoms with E-state index in [-0.39, 0.29) is 23.9 Å². The smallest absolute Gasteiger partial charge is 0.317 e. The van der Waals surface area contributed by atoms with E-state index in [1.165, 1.54) is 0 Å². The van der Waals surface area contributed by atoms with Crippen molar-refractivity contribution in [3.8, 4) is 5.75 Å². The van der Waals surface area contributed by atoms with Crippen LogP contribution in [0.5, 0.6) is 5.75 Å². The molecular weight excluding hydrogens is 402 g/mol. The Morgan fingerprint density at radius 1 is 1.00 bits per heavy atom. The van der Waals surface area contributed by atoms with E-state index in [1.54, 1.807) is 7.11 Å². The predicted molar refractivity (Wildman–Crippen MR) is 127 cm³/mol. The molecular formula is C26H35N3O3. The molecule has 0 aromatic heterocycles. The van der Waals surface area contributed by atoms with Gasteiger partial charge in [-0.2, -0.15) is 0 Å². The van der Waals surface area contributed by atoms with Crippen LogP contribution in [0, 0.1) is 5.92 Å². The fourth-order valence-electron chi connectivity index (χ4n) is 4.17. The molecule has 0 aliphatic carbocycles. The summed E-state index contributed by atoms with van der Waals surface area (Å²) in [4.78, 5) is 27.7. The summed E-state index contributed by atoms with van der Waals surface area (Å²) in [7, 11) is 1.65. The van der Waals surface area contributed by atoms with Gasteiger partial charge in [0.25, 0.3) is 0 Å². The third-order valence-corrected chi connectivity index (χ3v) is 6.08. The minimum absolute atomic E-state index is 0.00109. The quantitative estimate of drug-likeness (QED) is 0.574. The van der Waals surface area contributed by atoms with Crippen molar-refractivity contribution in [2.24, 2.45) is 5.92 Å². The second kappa shape index (κ2) is 12.1. The van der Waals surface area contributed by atoms with Gasteiger partial charge in [-0.05, 0) is 48.9 Å². The van der Waals surface area contributed by atoms with E-state index in [9.17, 15) is 9.59 Å². The molecule has 2 N–H and O–H groups in total. The van der Waals surface area contributed by atoms with Gasteiger partial charge in [-0.3, -0.25) is 4.79 Å². The van der Waals surface area contributed by atoms with Crippen molar-refractivity contribution < 1.29 is 14.3 Å². The third kappa shape index (κ3) is 6.49. The lowest BCUT2D eigenvalue weighted by Crippen LogP contribution is -2.50. The lowest BCUT2D eigenvalue weighted by molar-refractivity contribution is -0.126. The van der Waals surface area contributed by atoms with Crippen LogP contribution < -0.4 is 15.4 Å². The fourth-order valence-corrected chi connectivity index (χ4v) is 4.17. The summed E-state index contributed by atoms with van der Waals surface area (Å²) in [6.45, 7) is 3.77. The van der Waals surface area contributed by atoms with Gasteiger partial charge in [0.2, 0.25) is 5.91 Å². The SMILES string of the molecule is CCCCNC(=O)N1C[C@H](C(=O)NCCc2ccc(OC)cc2)CC[C@H]1c1ccccc1. The van der Waals surface area contributed by atoms with Crippen LogP contribution in [0.3, 0.4) is 0 Å². The molecule has 172 valence electrons. The molecule has 1 aliphatic rings. The molecule has 1 heterocycles. The third-order valence-electron chi connectivity index (χ3n) is 6.08. The summed E-state index contributed by atoms with van der Waals surface area (Å²) in [5, 5.41) is 6.10. The van der Waals surface area contributed by atoms with Crippen molar-refractivity contribution >= 4 is 11.9 Å². The number of ether oxygens (including phenoxy) is 1. The standard InChI is InChI=1S/C26H35N3O3/c1-3-4-17-28-26(31)29-19-22(12-15-24(29)21-8-6-5-7-9-21)25(30)27-18-16-20-10-13-23(32-2)14-11-20/h5-11,13-14,22,24H,3-4,12,15-19H2,1-2H3,(H,27,30)(H,28,31)/t22-,24+/m1/s1. The molecule has 0 saturated carbocycles. The molecule has 0 unspecified atom stereocenters. The molecule has 0 bridgehead atoms. The fraction of sp³-hybridized carbons (Fsp3) is 0.462. The first-order chi connectivity index (χ1) is 15.6. The zero-order valence-corrected chi connectivity index (χ0v) is 19.2. The van der Waals surface area contributed by atoms with Crippen LogP contribution in [-0.2, 0) is 11.2 Å². The molecule has 0 spiro atoms. The van der Waals surface area contributed by atoms with Gasteiger partial charge in [0, 0.05) is 19.6 Å². The number of hydrogen-bond donors (Lipinski definition) is 2. The van der Waals surface area contributed by atoms with Crippen LogP contribution in [0.25, 0.3) is 0 Å². The number of piperidine rings is 1. The number of carbonyl (C=O) groups excluding carboxylic acids is 2. The Kier molecular flexibility index (Phi) is 8.96. The number of amides is 3. The van der Waals surface area contributed by atoms with Crippen molar-refractivity contribution in [2.75, 3.05) is 26.7 Å². The van der Waals surface area contributed by atoms with Crippen LogP contribution in [0.2, 0.25) is 0 Å². The number of rotatable bonds is 9. The van der Waals surface area contributed by atoms with Crippen molar-refractivity contribution in [2.45, 2.75) is 45.1 Å². The largest absolute Gasteiger partial charge is 0.497 e. The molecule has 3 rings (SSSR count). The van der Waals surface area contributed by atoms with Gasteiger partial charge in [-0.25, -0.2) is 4.79 Å². The number of hydrogen-bond acceptors (Lipinski definition) is 3. The second-order valence-electron chi connectivity index (χ2n) is 8.33. The Morgan fingerprint density at radius 2 is 1.75 bits per heavy atom. The lowest BCUT2D eigenvalue weighted by Gasteiger charge is -2.39. The Morgan fingerprint density at radius 3 is 2.44 bits per heavy atom. The molecule has 6 nitrogen and oxygen atoms in total. The monoisotopic (exact) mass is 437 g/mol. The van der Waals surface area contributed by atoms with Gasteiger partial charge in [0.05, 0.1) is 19.1 Å². The van der Waals surface area contributed by atoms with E-state index in [0.717, 1.165) is 49.0 Å². The van der Waals surface area contributed by atoms with Crippen molar-refractivity contribution in [3.05, 3.63) is 65.7 Å². The van der Waals surface area contributed by atoms with Gasteiger partial charge in [-0.15, -0.1) is 0 Å². The number of nitrogens with one attached hydrogen (secondary N) is 2. The highest BCUT2D eigenvalue weighted by Gasteiger charge is 2.35. The summed E-state index contributed by atoms with van der Waals surface area (Å²) >= 11 is 0. The lowest BCUT2D eigenvalue weighted by atomic mass is 9.88. The van der Waals surface area contributed by atoms with Crippen molar-refractivity contribution in [1.82, 2.24) is 15.5 Å². The number of carbonyl (C=O) groups is 2. The van der Waals surface area contributed by atoms with Gasteiger partial charge in [0.15, 0.2) is 0 Å². The Balaban J connectivity index is 1.58. The number of likely N-dealkylation sites (tertiary alicyclic amines) is 1. The number of nitrogens with zero attached hydrogens (tertiary/aromatic N) is 1. The van der Waals surface area contributed by atoms with Crippen LogP contribution in [0.1, 0.15) is 49.8 Å². The van der Waals surface area contributed by atoms with Gasteiger partial charge in [-0.1, -0.05) is 55.8 Å². The van der Waals surface area contributed by atoms with Gasteiger partial charge < -0.3 is 20.3 Å². The normalized spacial score (nSPS) is 18.1.